The minimum atomic E-state index is -4.41. The molecule has 0 fully saturated rings. The zero-order chi connectivity index (χ0) is 13.6. The maximum atomic E-state index is 13.0. The Morgan fingerprint density at radius 1 is 1.16 bits per heavy atom. The Labute approximate surface area is 107 Å². The van der Waals surface area contributed by atoms with Gasteiger partial charge in [-0.05, 0) is 31.4 Å². The van der Waals surface area contributed by atoms with Gasteiger partial charge < -0.3 is 5.73 Å². The fraction of sp³-hybridized carbons (Fsp3) is 0.308. The van der Waals surface area contributed by atoms with E-state index in [1.165, 1.54) is 4.68 Å². The number of nitrogens with two attached hydrogens (primary N) is 1. The Morgan fingerprint density at radius 2 is 1.89 bits per heavy atom. The van der Waals surface area contributed by atoms with E-state index in [0.717, 1.165) is 6.42 Å². The van der Waals surface area contributed by atoms with Gasteiger partial charge in [-0.25, -0.2) is 4.68 Å². The molecule has 0 atom stereocenters. The molecule has 0 saturated carbocycles. The van der Waals surface area contributed by atoms with Crippen molar-refractivity contribution in [1.82, 2.24) is 9.78 Å². The van der Waals surface area contributed by atoms with Gasteiger partial charge in [-0.3, -0.25) is 0 Å². The third-order valence-electron chi connectivity index (χ3n) is 3.36. The lowest BCUT2D eigenvalue weighted by Crippen LogP contribution is -2.10. The molecule has 19 heavy (non-hydrogen) atoms. The molecular formula is C13H12F3N3. The lowest BCUT2D eigenvalue weighted by Gasteiger charge is -2.08. The Hall–Kier alpha value is -1.98. The number of halogens is 3. The molecule has 1 aliphatic carbocycles. The van der Waals surface area contributed by atoms with Gasteiger partial charge in [0.2, 0.25) is 0 Å². The van der Waals surface area contributed by atoms with Gasteiger partial charge in [0, 0.05) is 11.3 Å². The first-order chi connectivity index (χ1) is 8.98. The lowest BCUT2D eigenvalue weighted by molar-refractivity contribution is -0.141. The molecule has 0 aliphatic heterocycles. The summed E-state index contributed by atoms with van der Waals surface area (Å²) in [5, 5.41) is 3.75. The molecule has 1 heterocycles. The number of aromatic nitrogens is 2. The van der Waals surface area contributed by atoms with Crippen LogP contribution in [0.25, 0.3) is 5.69 Å². The molecule has 0 saturated heterocycles. The Kier molecular flexibility index (Phi) is 2.55. The van der Waals surface area contributed by atoms with Crippen LogP contribution in [0.5, 0.6) is 0 Å². The van der Waals surface area contributed by atoms with Crippen molar-refractivity contribution in [3.8, 4) is 5.69 Å². The van der Waals surface area contributed by atoms with Gasteiger partial charge in [-0.15, -0.1) is 0 Å². The van der Waals surface area contributed by atoms with Crippen LogP contribution < -0.4 is 5.73 Å². The number of alkyl halides is 3. The highest BCUT2D eigenvalue weighted by Gasteiger charge is 2.40. The molecule has 0 unspecified atom stereocenters. The lowest BCUT2D eigenvalue weighted by atomic mass is 10.2. The number of anilines is 1. The van der Waals surface area contributed by atoms with Crippen LogP contribution in [0.4, 0.5) is 18.9 Å². The third kappa shape index (κ3) is 1.87. The number of nitrogens with zero attached hydrogens (tertiary/aromatic N) is 2. The van der Waals surface area contributed by atoms with Crippen molar-refractivity contribution >= 4 is 5.69 Å². The predicted octanol–water partition coefficient (Wildman–Crippen LogP) is 2.96. The molecule has 2 N–H and O–H groups in total. The second kappa shape index (κ2) is 4.01. The molecule has 0 spiro atoms. The Balaban J connectivity index is 2.22. The third-order valence-corrected chi connectivity index (χ3v) is 3.36. The van der Waals surface area contributed by atoms with E-state index in [9.17, 15) is 13.2 Å². The number of rotatable bonds is 1. The summed E-state index contributed by atoms with van der Waals surface area (Å²) in [5.41, 5.74) is 6.93. The number of benzene rings is 1. The zero-order valence-corrected chi connectivity index (χ0v) is 10.0. The van der Waals surface area contributed by atoms with Crippen LogP contribution in [-0.2, 0) is 19.0 Å². The summed E-state index contributed by atoms with van der Waals surface area (Å²) < 4.78 is 40.2. The van der Waals surface area contributed by atoms with E-state index in [2.05, 4.69) is 5.10 Å². The van der Waals surface area contributed by atoms with Gasteiger partial charge in [0.05, 0.1) is 11.4 Å². The molecule has 2 aromatic rings. The van der Waals surface area contributed by atoms with E-state index < -0.39 is 11.9 Å². The number of fused-ring (bicyclic) bond motifs is 1. The highest BCUT2D eigenvalue weighted by Crippen LogP contribution is 2.37. The van der Waals surface area contributed by atoms with Crippen molar-refractivity contribution in [2.45, 2.75) is 25.4 Å². The van der Waals surface area contributed by atoms with Gasteiger partial charge in [0.25, 0.3) is 0 Å². The first-order valence-corrected chi connectivity index (χ1v) is 6.01. The minimum absolute atomic E-state index is 0.316. The Morgan fingerprint density at radius 3 is 2.58 bits per heavy atom. The maximum absolute atomic E-state index is 13.0. The maximum Gasteiger partial charge on any atom is 0.435 e. The largest absolute Gasteiger partial charge is 0.435 e. The standard InChI is InChI=1S/C13H12F3N3/c14-13(15,16)12-8-4-3-7-10(8)19(18-12)11-6-2-1-5-9(11)17/h1-2,5-6H,3-4,7,17H2. The van der Waals surface area contributed by atoms with Crippen LogP contribution in [0.2, 0.25) is 0 Å². The van der Waals surface area contributed by atoms with Crippen LogP contribution in [0.3, 0.4) is 0 Å². The van der Waals surface area contributed by atoms with Crippen molar-refractivity contribution in [3.05, 3.63) is 41.2 Å². The fourth-order valence-corrected chi connectivity index (χ4v) is 2.54. The number of para-hydroxylation sites is 2. The summed E-state index contributed by atoms with van der Waals surface area (Å²) in [6.07, 6.45) is -2.66. The van der Waals surface area contributed by atoms with Crippen LogP contribution in [0, 0.1) is 0 Å². The first-order valence-electron chi connectivity index (χ1n) is 6.01. The van der Waals surface area contributed by atoms with Gasteiger partial charge in [-0.2, -0.15) is 18.3 Å². The molecule has 1 aliphatic rings. The highest BCUT2D eigenvalue weighted by atomic mass is 19.4. The second-order valence-corrected chi connectivity index (χ2v) is 4.60. The minimum Gasteiger partial charge on any atom is -0.397 e. The van der Waals surface area contributed by atoms with E-state index in [0.29, 0.717) is 35.5 Å². The molecule has 3 rings (SSSR count). The molecule has 100 valence electrons. The van der Waals surface area contributed by atoms with Crippen molar-refractivity contribution in [3.63, 3.8) is 0 Å². The summed E-state index contributed by atoms with van der Waals surface area (Å²) in [6.45, 7) is 0. The van der Waals surface area contributed by atoms with E-state index >= 15 is 0 Å². The number of hydrogen-bond donors (Lipinski definition) is 1. The fourth-order valence-electron chi connectivity index (χ4n) is 2.54. The van der Waals surface area contributed by atoms with Gasteiger partial charge in [0.1, 0.15) is 0 Å². The summed E-state index contributed by atoms with van der Waals surface area (Å²) in [6, 6.07) is 6.82. The molecule has 1 aromatic heterocycles. The summed E-state index contributed by atoms with van der Waals surface area (Å²) in [5.74, 6) is 0. The predicted molar refractivity (Wildman–Crippen MR) is 65.0 cm³/mol. The molecule has 1 aromatic carbocycles. The van der Waals surface area contributed by atoms with E-state index in [1.54, 1.807) is 24.3 Å². The molecule has 6 heteroatoms. The summed E-state index contributed by atoms with van der Waals surface area (Å²) in [7, 11) is 0. The summed E-state index contributed by atoms with van der Waals surface area (Å²) >= 11 is 0. The van der Waals surface area contributed by atoms with E-state index in [4.69, 9.17) is 5.73 Å². The summed E-state index contributed by atoms with van der Waals surface area (Å²) in [4.78, 5) is 0. The molecule has 0 bridgehead atoms. The van der Waals surface area contributed by atoms with Crippen LogP contribution in [-0.4, -0.2) is 9.78 Å². The monoisotopic (exact) mass is 267 g/mol. The highest BCUT2D eigenvalue weighted by molar-refractivity contribution is 5.58. The molecular weight excluding hydrogens is 255 g/mol. The van der Waals surface area contributed by atoms with Gasteiger partial charge in [0.15, 0.2) is 5.69 Å². The van der Waals surface area contributed by atoms with Crippen molar-refractivity contribution in [2.24, 2.45) is 0 Å². The first kappa shape index (κ1) is 12.1. The SMILES string of the molecule is Nc1ccccc1-n1nc(C(F)(F)F)c2c1CCC2. The van der Waals surface area contributed by atoms with Crippen molar-refractivity contribution in [1.29, 1.82) is 0 Å². The van der Waals surface area contributed by atoms with E-state index in [-0.39, 0.29) is 0 Å². The normalized spacial score (nSPS) is 14.7. The quantitative estimate of drug-likeness (QED) is 0.807. The van der Waals surface area contributed by atoms with Crippen LogP contribution in [0.15, 0.2) is 24.3 Å². The van der Waals surface area contributed by atoms with Crippen molar-refractivity contribution < 1.29 is 13.2 Å². The van der Waals surface area contributed by atoms with Crippen LogP contribution >= 0.6 is 0 Å². The van der Waals surface area contributed by atoms with Gasteiger partial charge in [-0.1, -0.05) is 12.1 Å². The van der Waals surface area contributed by atoms with Crippen molar-refractivity contribution in [2.75, 3.05) is 5.73 Å². The zero-order valence-electron chi connectivity index (χ0n) is 10.0. The number of nitrogen functional groups attached to an aromatic ring is 1. The second-order valence-electron chi connectivity index (χ2n) is 4.60. The molecule has 3 nitrogen and oxygen atoms in total. The van der Waals surface area contributed by atoms with Crippen LogP contribution in [0.1, 0.15) is 23.4 Å². The van der Waals surface area contributed by atoms with Gasteiger partial charge >= 0.3 is 6.18 Å². The Bertz CT molecular complexity index is 629. The number of hydrogen-bond acceptors (Lipinski definition) is 2. The average molecular weight is 267 g/mol. The molecule has 0 amide bonds. The van der Waals surface area contributed by atoms with E-state index in [1.807, 2.05) is 0 Å². The smallest absolute Gasteiger partial charge is 0.397 e. The molecule has 0 radical (unpaired) electrons. The topological polar surface area (TPSA) is 43.8 Å². The average Bonchev–Trinajstić information content (AvgIpc) is 2.89.